The summed E-state index contributed by atoms with van der Waals surface area (Å²) in [7, 11) is 1.95. The number of aromatic nitrogens is 2. The van der Waals surface area contributed by atoms with Crippen LogP contribution in [-0.4, -0.2) is 21.2 Å². The number of rotatable bonds is 6. The topological polar surface area (TPSA) is 72.9 Å². The van der Waals surface area contributed by atoms with E-state index in [1.807, 2.05) is 17.8 Å². The van der Waals surface area contributed by atoms with Gasteiger partial charge in [-0.1, -0.05) is 23.4 Å². The molecule has 0 saturated heterocycles. The van der Waals surface area contributed by atoms with E-state index in [9.17, 15) is 4.79 Å². The van der Waals surface area contributed by atoms with E-state index in [0.717, 1.165) is 17.3 Å². The highest BCUT2D eigenvalue weighted by atomic mass is 35.5. The molecule has 1 aromatic carbocycles. The first-order chi connectivity index (χ1) is 10.1. The van der Waals surface area contributed by atoms with Crippen LogP contribution in [0.15, 0.2) is 35.7 Å². The van der Waals surface area contributed by atoms with E-state index in [-0.39, 0.29) is 5.91 Å². The number of halogens is 1. The fraction of sp³-hybridized carbons (Fsp3) is 0.286. The Bertz CT molecular complexity index is 629. The summed E-state index contributed by atoms with van der Waals surface area (Å²) in [5.74, 6) is 0.818. The van der Waals surface area contributed by atoms with Gasteiger partial charge in [0.15, 0.2) is 5.16 Å². The molecule has 0 radical (unpaired) electrons. The lowest BCUT2D eigenvalue weighted by Crippen LogP contribution is -2.11. The second-order valence-corrected chi connectivity index (χ2v) is 6.03. The molecule has 0 atom stereocenters. The number of aryl methyl sites for hydroxylation is 1. The SMILES string of the molecule is Cn1ccnc1SCCCC(=O)Nc1ccc(Cl)c(N)c1. The lowest BCUT2D eigenvalue weighted by Gasteiger charge is -2.07. The van der Waals surface area contributed by atoms with Gasteiger partial charge < -0.3 is 15.6 Å². The first-order valence-corrected chi connectivity index (χ1v) is 7.87. The number of carbonyl (C=O) groups excluding carboxylic acids is 1. The van der Waals surface area contributed by atoms with Gasteiger partial charge in [-0.05, 0) is 24.6 Å². The summed E-state index contributed by atoms with van der Waals surface area (Å²) in [4.78, 5) is 16.0. The van der Waals surface area contributed by atoms with Crippen LogP contribution >= 0.6 is 23.4 Å². The van der Waals surface area contributed by atoms with Crippen molar-refractivity contribution in [1.29, 1.82) is 0 Å². The van der Waals surface area contributed by atoms with Crippen LogP contribution in [0.3, 0.4) is 0 Å². The average Bonchev–Trinajstić information content (AvgIpc) is 2.85. The Kier molecular flexibility index (Phi) is 5.52. The highest BCUT2D eigenvalue weighted by Gasteiger charge is 2.05. The molecule has 2 aromatic rings. The van der Waals surface area contributed by atoms with Crippen LogP contribution < -0.4 is 11.1 Å². The van der Waals surface area contributed by atoms with Gasteiger partial charge in [-0.2, -0.15) is 0 Å². The number of anilines is 2. The first-order valence-electron chi connectivity index (χ1n) is 6.51. The minimum atomic E-state index is -0.0304. The Morgan fingerprint density at radius 1 is 1.52 bits per heavy atom. The van der Waals surface area contributed by atoms with Crippen molar-refractivity contribution in [2.45, 2.75) is 18.0 Å². The molecule has 0 aliphatic rings. The number of nitrogen functional groups attached to an aromatic ring is 1. The number of carbonyl (C=O) groups is 1. The summed E-state index contributed by atoms with van der Waals surface area (Å²) in [6.07, 6.45) is 4.91. The van der Waals surface area contributed by atoms with Crippen molar-refractivity contribution in [2.24, 2.45) is 7.05 Å². The largest absolute Gasteiger partial charge is 0.397 e. The molecule has 112 valence electrons. The van der Waals surface area contributed by atoms with E-state index in [4.69, 9.17) is 17.3 Å². The van der Waals surface area contributed by atoms with Crippen LogP contribution in [0.4, 0.5) is 11.4 Å². The quantitative estimate of drug-likeness (QED) is 0.486. The molecule has 0 fully saturated rings. The number of hydrogen-bond acceptors (Lipinski definition) is 4. The Labute approximate surface area is 132 Å². The maximum absolute atomic E-state index is 11.8. The summed E-state index contributed by atoms with van der Waals surface area (Å²) in [5.41, 5.74) is 6.81. The molecule has 1 aromatic heterocycles. The predicted molar refractivity (Wildman–Crippen MR) is 87.7 cm³/mol. The first kappa shape index (κ1) is 15.7. The van der Waals surface area contributed by atoms with Crippen LogP contribution in [0.2, 0.25) is 5.02 Å². The molecule has 0 bridgehead atoms. The van der Waals surface area contributed by atoms with E-state index in [1.54, 1.807) is 36.2 Å². The third-order valence-electron chi connectivity index (χ3n) is 2.84. The number of thioether (sulfide) groups is 1. The minimum absolute atomic E-state index is 0.0304. The zero-order valence-corrected chi connectivity index (χ0v) is 13.2. The smallest absolute Gasteiger partial charge is 0.224 e. The third-order valence-corrected chi connectivity index (χ3v) is 4.32. The molecule has 0 aliphatic heterocycles. The van der Waals surface area contributed by atoms with Gasteiger partial charge in [0.25, 0.3) is 0 Å². The van der Waals surface area contributed by atoms with Gasteiger partial charge in [0.2, 0.25) is 5.91 Å². The molecule has 7 heteroatoms. The second-order valence-electron chi connectivity index (χ2n) is 4.56. The number of nitrogens with two attached hydrogens (primary N) is 1. The zero-order chi connectivity index (χ0) is 15.2. The van der Waals surface area contributed by atoms with Crippen molar-refractivity contribution in [3.05, 3.63) is 35.6 Å². The van der Waals surface area contributed by atoms with E-state index in [1.165, 1.54) is 0 Å². The summed E-state index contributed by atoms with van der Waals surface area (Å²) in [6, 6.07) is 5.06. The molecule has 0 saturated carbocycles. The van der Waals surface area contributed by atoms with Crippen molar-refractivity contribution in [2.75, 3.05) is 16.8 Å². The van der Waals surface area contributed by atoms with Crippen molar-refractivity contribution in [3.63, 3.8) is 0 Å². The van der Waals surface area contributed by atoms with Gasteiger partial charge in [0, 0.05) is 37.3 Å². The molecule has 0 aliphatic carbocycles. The minimum Gasteiger partial charge on any atom is -0.397 e. The summed E-state index contributed by atoms with van der Waals surface area (Å²) in [6.45, 7) is 0. The fourth-order valence-corrected chi connectivity index (χ4v) is 2.72. The molecule has 1 heterocycles. The molecule has 0 spiro atoms. The van der Waals surface area contributed by atoms with Crippen molar-refractivity contribution in [1.82, 2.24) is 9.55 Å². The number of nitrogens with zero attached hydrogens (tertiary/aromatic N) is 2. The Morgan fingerprint density at radius 3 is 3.00 bits per heavy atom. The molecular formula is C14H17ClN4OS. The maximum Gasteiger partial charge on any atom is 0.224 e. The van der Waals surface area contributed by atoms with E-state index >= 15 is 0 Å². The van der Waals surface area contributed by atoms with Crippen LogP contribution in [0.1, 0.15) is 12.8 Å². The standard InChI is InChI=1S/C14H17ClN4OS/c1-19-7-6-17-14(19)21-8-2-3-13(20)18-10-4-5-11(15)12(16)9-10/h4-7,9H,2-3,8,16H2,1H3,(H,18,20). The van der Waals surface area contributed by atoms with Crippen LogP contribution in [0, 0.1) is 0 Å². The molecule has 5 nitrogen and oxygen atoms in total. The highest BCUT2D eigenvalue weighted by Crippen LogP contribution is 2.22. The molecule has 1 amide bonds. The van der Waals surface area contributed by atoms with Crippen LogP contribution in [0.25, 0.3) is 0 Å². The summed E-state index contributed by atoms with van der Waals surface area (Å²) < 4.78 is 1.96. The zero-order valence-electron chi connectivity index (χ0n) is 11.7. The van der Waals surface area contributed by atoms with E-state index in [2.05, 4.69) is 10.3 Å². The van der Waals surface area contributed by atoms with Crippen LogP contribution in [-0.2, 0) is 11.8 Å². The van der Waals surface area contributed by atoms with E-state index in [0.29, 0.717) is 22.8 Å². The van der Waals surface area contributed by atoms with Gasteiger partial charge in [0.1, 0.15) is 0 Å². The maximum atomic E-state index is 11.8. The normalized spacial score (nSPS) is 10.6. The van der Waals surface area contributed by atoms with E-state index < -0.39 is 0 Å². The lowest BCUT2D eigenvalue weighted by molar-refractivity contribution is -0.116. The molecular weight excluding hydrogens is 308 g/mol. The number of nitrogens with one attached hydrogen (secondary N) is 1. The number of hydrogen-bond donors (Lipinski definition) is 2. The fourth-order valence-electron chi connectivity index (χ4n) is 1.73. The molecule has 21 heavy (non-hydrogen) atoms. The van der Waals surface area contributed by atoms with Gasteiger partial charge >= 0.3 is 0 Å². The van der Waals surface area contributed by atoms with Gasteiger partial charge in [-0.3, -0.25) is 4.79 Å². The van der Waals surface area contributed by atoms with Crippen molar-refractivity contribution in [3.8, 4) is 0 Å². The number of benzene rings is 1. The van der Waals surface area contributed by atoms with Crippen LogP contribution in [0.5, 0.6) is 0 Å². The third kappa shape index (κ3) is 4.68. The Balaban J connectivity index is 1.72. The molecule has 2 rings (SSSR count). The number of amides is 1. The van der Waals surface area contributed by atoms with Gasteiger partial charge in [-0.15, -0.1) is 0 Å². The number of imidazole rings is 1. The molecule has 3 N–H and O–H groups in total. The van der Waals surface area contributed by atoms with Gasteiger partial charge in [0.05, 0.1) is 10.7 Å². The Hall–Kier alpha value is -1.66. The second kappa shape index (κ2) is 7.38. The highest BCUT2D eigenvalue weighted by molar-refractivity contribution is 7.99. The predicted octanol–water partition coefficient (Wildman–Crippen LogP) is 3.17. The van der Waals surface area contributed by atoms with Crippen molar-refractivity contribution < 1.29 is 4.79 Å². The Morgan fingerprint density at radius 2 is 2.33 bits per heavy atom. The molecule has 0 unspecified atom stereocenters. The summed E-state index contributed by atoms with van der Waals surface area (Å²) in [5, 5.41) is 4.25. The van der Waals surface area contributed by atoms with Crippen molar-refractivity contribution >= 4 is 40.6 Å². The average molecular weight is 325 g/mol. The monoisotopic (exact) mass is 324 g/mol. The lowest BCUT2D eigenvalue weighted by atomic mass is 10.2. The van der Waals surface area contributed by atoms with Gasteiger partial charge in [-0.25, -0.2) is 4.98 Å². The summed E-state index contributed by atoms with van der Waals surface area (Å²) >= 11 is 7.47.